The Morgan fingerprint density at radius 3 is 2.39 bits per heavy atom. The molecule has 2 amide bonds. The molecule has 0 spiro atoms. The molecule has 2 aromatic carbocycles. The quantitative estimate of drug-likeness (QED) is 0.678. The maximum Gasteiger partial charge on any atom is 0.254 e. The van der Waals surface area contributed by atoms with E-state index >= 15 is 0 Å². The van der Waals surface area contributed by atoms with E-state index in [4.69, 9.17) is 4.98 Å². The van der Waals surface area contributed by atoms with Gasteiger partial charge in [-0.2, -0.15) is 0 Å². The highest BCUT2D eigenvalue weighted by Crippen LogP contribution is 2.27. The maximum atomic E-state index is 13.5. The molecule has 0 bridgehead atoms. The minimum Gasteiger partial charge on any atom is -0.354 e. The van der Waals surface area contributed by atoms with Crippen molar-refractivity contribution in [2.75, 3.05) is 13.1 Å². The molecule has 0 atom stereocenters. The average molecular weight is 416 g/mol. The summed E-state index contributed by atoms with van der Waals surface area (Å²) in [5, 5.41) is 3.86. The van der Waals surface area contributed by atoms with Crippen molar-refractivity contribution in [3.05, 3.63) is 65.7 Å². The van der Waals surface area contributed by atoms with Crippen LogP contribution in [0.1, 0.15) is 42.6 Å². The van der Waals surface area contributed by atoms with Crippen molar-refractivity contribution in [1.29, 1.82) is 0 Å². The standard InChI is InChI=1S/C26H29N3O2/c1-17(2)27-25(30)20-12-14-29(15-13-20)26(31)22-16-24(19-10-8-18(3)9-11-19)28-23-7-5-4-6-21(22)23/h4-11,16-17,20H,12-15H2,1-3H3,(H,27,30). The molecular weight excluding hydrogens is 386 g/mol. The monoisotopic (exact) mass is 415 g/mol. The Kier molecular flexibility index (Phi) is 6.03. The Morgan fingerprint density at radius 2 is 1.71 bits per heavy atom. The van der Waals surface area contributed by atoms with Gasteiger partial charge in [-0.15, -0.1) is 0 Å². The summed E-state index contributed by atoms with van der Waals surface area (Å²) >= 11 is 0. The Balaban J connectivity index is 1.61. The number of para-hydroxylation sites is 1. The number of rotatable bonds is 4. The zero-order valence-electron chi connectivity index (χ0n) is 18.4. The predicted molar refractivity (Wildman–Crippen MR) is 124 cm³/mol. The molecule has 5 nitrogen and oxygen atoms in total. The molecule has 1 aliphatic heterocycles. The lowest BCUT2D eigenvalue weighted by molar-refractivity contribution is -0.126. The van der Waals surface area contributed by atoms with E-state index in [1.54, 1.807) is 0 Å². The van der Waals surface area contributed by atoms with Crippen LogP contribution in [0.5, 0.6) is 0 Å². The topological polar surface area (TPSA) is 62.3 Å². The van der Waals surface area contributed by atoms with Crippen LogP contribution in [0.4, 0.5) is 0 Å². The fraction of sp³-hybridized carbons (Fsp3) is 0.346. The molecule has 4 rings (SSSR count). The number of piperidine rings is 1. The lowest BCUT2D eigenvalue weighted by Crippen LogP contribution is -2.44. The minimum absolute atomic E-state index is 0.00896. The van der Waals surface area contributed by atoms with Crippen LogP contribution in [-0.2, 0) is 4.79 Å². The Hall–Kier alpha value is -3.21. The highest BCUT2D eigenvalue weighted by atomic mass is 16.2. The average Bonchev–Trinajstić information content (AvgIpc) is 2.78. The number of hydrogen-bond acceptors (Lipinski definition) is 3. The van der Waals surface area contributed by atoms with E-state index in [-0.39, 0.29) is 23.8 Å². The van der Waals surface area contributed by atoms with Gasteiger partial charge in [0.15, 0.2) is 0 Å². The normalized spacial score (nSPS) is 14.8. The molecule has 5 heteroatoms. The molecule has 2 heterocycles. The van der Waals surface area contributed by atoms with E-state index in [1.807, 2.05) is 61.2 Å². The van der Waals surface area contributed by atoms with E-state index < -0.39 is 0 Å². The van der Waals surface area contributed by atoms with Gasteiger partial charge in [0.05, 0.1) is 16.8 Å². The van der Waals surface area contributed by atoms with E-state index in [1.165, 1.54) is 5.56 Å². The number of benzene rings is 2. The second-order valence-electron chi connectivity index (χ2n) is 8.67. The molecule has 160 valence electrons. The van der Waals surface area contributed by atoms with Crippen LogP contribution in [-0.4, -0.2) is 40.8 Å². The summed E-state index contributed by atoms with van der Waals surface area (Å²) in [5.41, 5.74) is 4.47. The summed E-state index contributed by atoms with van der Waals surface area (Å²) in [7, 11) is 0. The number of fused-ring (bicyclic) bond motifs is 1. The first-order valence-corrected chi connectivity index (χ1v) is 11.0. The van der Waals surface area contributed by atoms with Gasteiger partial charge in [-0.05, 0) is 45.7 Å². The third-order valence-electron chi connectivity index (χ3n) is 5.88. The van der Waals surface area contributed by atoms with Crippen molar-refractivity contribution in [1.82, 2.24) is 15.2 Å². The van der Waals surface area contributed by atoms with Crippen molar-refractivity contribution < 1.29 is 9.59 Å². The zero-order chi connectivity index (χ0) is 22.0. The van der Waals surface area contributed by atoms with Crippen LogP contribution in [0.2, 0.25) is 0 Å². The number of nitrogens with one attached hydrogen (secondary N) is 1. The van der Waals surface area contributed by atoms with Gasteiger partial charge in [0.25, 0.3) is 5.91 Å². The van der Waals surface area contributed by atoms with Gasteiger partial charge in [-0.1, -0.05) is 48.0 Å². The van der Waals surface area contributed by atoms with Crippen molar-refractivity contribution in [3.8, 4) is 11.3 Å². The van der Waals surface area contributed by atoms with Gasteiger partial charge in [-0.3, -0.25) is 9.59 Å². The number of amides is 2. The van der Waals surface area contributed by atoms with E-state index in [9.17, 15) is 9.59 Å². The number of aryl methyl sites for hydroxylation is 1. The second kappa shape index (κ2) is 8.88. The summed E-state index contributed by atoms with van der Waals surface area (Å²) in [6.45, 7) is 7.17. The molecule has 1 aromatic heterocycles. The first-order valence-electron chi connectivity index (χ1n) is 11.0. The maximum absolute atomic E-state index is 13.5. The molecule has 0 unspecified atom stereocenters. The summed E-state index contributed by atoms with van der Waals surface area (Å²) in [5.74, 6) is 0.0801. The SMILES string of the molecule is Cc1ccc(-c2cc(C(=O)N3CCC(C(=O)NC(C)C)CC3)c3ccccc3n2)cc1. The summed E-state index contributed by atoms with van der Waals surface area (Å²) in [6.07, 6.45) is 1.39. The molecule has 1 N–H and O–H groups in total. The van der Waals surface area contributed by atoms with Gasteiger partial charge in [0.2, 0.25) is 5.91 Å². The number of hydrogen-bond donors (Lipinski definition) is 1. The molecule has 31 heavy (non-hydrogen) atoms. The first-order chi connectivity index (χ1) is 14.9. The van der Waals surface area contributed by atoms with Crippen LogP contribution in [0, 0.1) is 12.8 Å². The van der Waals surface area contributed by atoms with Gasteiger partial charge in [0.1, 0.15) is 0 Å². The fourth-order valence-corrected chi connectivity index (χ4v) is 4.14. The molecule has 1 fully saturated rings. The van der Waals surface area contributed by atoms with E-state index in [0.29, 0.717) is 31.5 Å². The summed E-state index contributed by atoms with van der Waals surface area (Å²) < 4.78 is 0. The van der Waals surface area contributed by atoms with Crippen molar-refractivity contribution in [3.63, 3.8) is 0 Å². The number of nitrogens with zero attached hydrogens (tertiary/aromatic N) is 2. The third-order valence-corrected chi connectivity index (χ3v) is 5.88. The zero-order valence-corrected chi connectivity index (χ0v) is 18.4. The smallest absolute Gasteiger partial charge is 0.254 e. The van der Waals surface area contributed by atoms with Crippen LogP contribution in [0.3, 0.4) is 0 Å². The largest absolute Gasteiger partial charge is 0.354 e. The first kappa shape index (κ1) is 21.0. The van der Waals surface area contributed by atoms with Crippen molar-refractivity contribution in [2.24, 2.45) is 5.92 Å². The number of carbonyl (C=O) groups is 2. The van der Waals surface area contributed by atoms with Gasteiger partial charge in [0, 0.05) is 36.0 Å². The lowest BCUT2D eigenvalue weighted by atomic mass is 9.94. The van der Waals surface area contributed by atoms with Gasteiger partial charge >= 0.3 is 0 Å². The van der Waals surface area contributed by atoms with E-state index in [2.05, 4.69) is 24.4 Å². The molecule has 0 saturated carbocycles. The van der Waals surface area contributed by atoms with Crippen LogP contribution >= 0.6 is 0 Å². The molecule has 1 saturated heterocycles. The number of pyridine rings is 1. The highest BCUT2D eigenvalue weighted by Gasteiger charge is 2.29. The summed E-state index contributed by atoms with van der Waals surface area (Å²) in [6, 6.07) is 18.0. The van der Waals surface area contributed by atoms with Crippen LogP contribution in [0.25, 0.3) is 22.2 Å². The number of likely N-dealkylation sites (tertiary alicyclic amines) is 1. The Morgan fingerprint density at radius 1 is 1.03 bits per heavy atom. The Labute approximate surface area is 183 Å². The minimum atomic E-state index is -0.0243. The van der Waals surface area contributed by atoms with E-state index in [0.717, 1.165) is 22.2 Å². The predicted octanol–water partition coefficient (Wildman–Crippen LogP) is 4.59. The van der Waals surface area contributed by atoms with Crippen LogP contribution < -0.4 is 5.32 Å². The van der Waals surface area contributed by atoms with Gasteiger partial charge in [-0.25, -0.2) is 4.98 Å². The third kappa shape index (κ3) is 4.61. The van der Waals surface area contributed by atoms with Crippen molar-refractivity contribution >= 4 is 22.7 Å². The fourth-order valence-electron chi connectivity index (χ4n) is 4.14. The Bertz CT molecular complexity index is 1100. The van der Waals surface area contributed by atoms with Gasteiger partial charge < -0.3 is 10.2 Å². The highest BCUT2D eigenvalue weighted by molar-refractivity contribution is 6.07. The number of carbonyl (C=O) groups excluding carboxylic acids is 2. The molecular formula is C26H29N3O2. The van der Waals surface area contributed by atoms with Crippen LogP contribution in [0.15, 0.2) is 54.6 Å². The molecule has 1 aliphatic rings. The lowest BCUT2D eigenvalue weighted by Gasteiger charge is -2.32. The number of aromatic nitrogens is 1. The molecule has 0 radical (unpaired) electrons. The second-order valence-corrected chi connectivity index (χ2v) is 8.67. The summed E-state index contributed by atoms with van der Waals surface area (Å²) in [4.78, 5) is 32.5. The molecule has 3 aromatic rings. The molecule has 0 aliphatic carbocycles. The van der Waals surface area contributed by atoms with Crippen molar-refractivity contribution in [2.45, 2.75) is 39.7 Å².